The molecule has 1 N–H and O–H groups in total. The summed E-state index contributed by atoms with van der Waals surface area (Å²) < 4.78 is 61.6. The van der Waals surface area contributed by atoms with Crippen molar-refractivity contribution in [3.63, 3.8) is 0 Å². The minimum Gasteiger partial charge on any atom is -0.490 e. The number of carbonyl (C=O) groups excluding carboxylic acids is 1. The van der Waals surface area contributed by atoms with Crippen LogP contribution in [0.3, 0.4) is 0 Å². The molecule has 0 spiro atoms. The molecule has 2 aliphatic rings. The van der Waals surface area contributed by atoms with Gasteiger partial charge in [-0.05, 0) is 61.6 Å². The van der Waals surface area contributed by atoms with Gasteiger partial charge < -0.3 is 10.1 Å². The lowest BCUT2D eigenvalue weighted by atomic mass is 9.69. The highest BCUT2D eigenvalue weighted by Crippen LogP contribution is 2.57. The van der Waals surface area contributed by atoms with Crippen LogP contribution in [0.15, 0.2) is 41.3 Å². The van der Waals surface area contributed by atoms with E-state index in [4.69, 9.17) is 16.3 Å². The summed E-state index contributed by atoms with van der Waals surface area (Å²) in [4.78, 5) is 11.3. The molecule has 1 aliphatic heterocycles. The van der Waals surface area contributed by atoms with Crippen LogP contribution in [0.5, 0.6) is 5.75 Å². The Labute approximate surface area is 184 Å². The Morgan fingerprint density at radius 1 is 1.19 bits per heavy atom. The molecule has 31 heavy (non-hydrogen) atoms. The molecule has 2 aromatic rings. The minimum atomic E-state index is -4.14. The molecule has 5 nitrogen and oxygen atoms in total. The van der Waals surface area contributed by atoms with Crippen LogP contribution in [-0.4, -0.2) is 27.5 Å². The Morgan fingerprint density at radius 3 is 2.55 bits per heavy atom. The van der Waals surface area contributed by atoms with Gasteiger partial charge in [-0.15, -0.1) is 0 Å². The van der Waals surface area contributed by atoms with Gasteiger partial charge in [0.1, 0.15) is 10.6 Å². The molecule has 0 aromatic heterocycles. The number of amides is 1. The van der Waals surface area contributed by atoms with Crippen LogP contribution < -0.4 is 10.1 Å². The van der Waals surface area contributed by atoms with Gasteiger partial charge in [-0.1, -0.05) is 11.6 Å². The highest BCUT2D eigenvalue weighted by Gasteiger charge is 2.59. The van der Waals surface area contributed by atoms with Gasteiger partial charge in [0.25, 0.3) is 0 Å². The lowest BCUT2D eigenvalue weighted by molar-refractivity contribution is -0.119. The standard InChI is InChI=1S/C22H22ClF2NO4S/c1-13(27)26-11-14-8-9-22(31(28,29)17-4-2-16(23)3-5-17)15(10-14)12-30-21-19(25)7-6-18(24)20(21)22/h2-7,14-15H,8-12H2,1H3,(H,26,27)/t14?,15-,22+/m1/s1. The number of halogens is 3. The third-order valence-corrected chi connectivity index (χ3v) is 9.20. The molecule has 0 bridgehead atoms. The smallest absolute Gasteiger partial charge is 0.216 e. The molecule has 1 unspecified atom stereocenters. The predicted molar refractivity (Wildman–Crippen MR) is 112 cm³/mol. The van der Waals surface area contributed by atoms with Crippen molar-refractivity contribution >= 4 is 27.3 Å². The summed E-state index contributed by atoms with van der Waals surface area (Å²) >= 11 is 5.93. The fourth-order valence-corrected chi connectivity index (χ4v) is 7.39. The molecule has 1 aliphatic carbocycles. The molecule has 1 saturated carbocycles. The van der Waals surface area contributed by atoms with Gasteiger partial charge >= 0.3 is 0 Å². The SMILES string of the molecule is CC(=O)NCC1CC[C@@]2(S(=O)(=O)c3ccc(Cl)cc3)c3c(F)ccc(F)c3OC[C@H]2C1. The zero-order chi connectivity index (χ0) is 22.4. The Bertz CT molecular complexity index is 1120. The van der Waals surface area contributed by atoms with Crippen LogP contribution in [0.4, 0.5) is 8.78 Å². The molecule has 3 atom stereocenters. The third kappa shape index (κ3) is 3.59. The minimum absolute atomic E-state index is 0.00118. The molecule has 1 fully saturated rings. The number of carbonyl (C=O) groups is 1. The molecule has 166 valence electrons. The summed E-state index contributed by atoms with van der Waals surface area (Å²) in [6, 6.07) is 7.59. The highest BCUT2D eigenvalue weighted by atomic mass is 35.5. The van der Waals surface area contributed by atoms with Gasteiger partial charge in [0.15, 0.2) is 21.4 Å². The second-order valence-corrected chi connectivity index (χ2v) is 10.8. The van der Waals surface area contributed by atoms with E-state index in [9.17, 15) is 17.6 Å². The summed E-state index contributed by atoms with van der Waals surface area (Å²) in [6.07, 6.45) is 0.908. The number of ether oxygens (including phenoxy) is 1. The first kappa shape index (κ1) is 22.0. The van der Waals surface area contributed by atoms with Gasteiger partial charge in [-0.25, -0.2) is 17.2 Å². The monoisotopic (exact) mass is 469 g/mol. The number of hydrogen-bond donors (Lipinski definition) is 1. The highest BCUT2D eigenvalue weighted by molar-refractivity contribution is 7.92. The van der Waals surface area contributed by atoms with Gasteiger partial charge in [-0.3, -0.25) is 4.79 Å². The number of hydrogen-bond acceptors (Lipinski definition) is 4. The van der Waals surface area contributed by atoms with E-state index in [1.807, 2.05) is 0 Å². The van der Waals surface area contributed by atoms with Gasteiger partial charge in [0.05, 0.1) is 17.1 Å². The van der Waals surface area contributed by atoms with Gasteiger partial charge in [0.2, 0.25) is 5.91 Å². The zero-order valence-electron chi connectivity index (χ0n) is 16.8. The van der Waals surface area contributed by atoms with E-state index < -0.39 is 32.1 Å². The van der Waals surface area contributed by atoms with Crippen molar-refractivity contribution in [2.24, 2.45) is 11.8 Å². The van der Waals surface area contributed by atoms with Crippen molar-refractivity contribution in [3.8, 4) is 5.75 Å². The molecular weight excluding hydrogens is 448 g/mol. The van der Waals surface area contributed by atoms with Crippen molar-refractivity contribution in [3.05, 3.63) is 58.6 Å². The maximum Gasteiger partial charge on any atom is 0.216 e. The van der Waals surface area contributed by atoms with Crippen LogP contribution in [0, 0.1) is 23.5 Å². The fourth-order valence-electron chi connectivity index (χ4n) is 4.90. The Morgan fingerprint density at radius 2 is 1.87 bits per heavy atom. The molecule has 0 radical (unpaired) electrons. The largest absolute Gasteiger partial charge is 0.490 e. The number of benzene rings is 2. The second-order valence-electron chi connectivity index (χ2n) is 8.17. The van der Waals surface area contributed by atoms with E-state index in [-0.39, 0.29) is 41.1 Å². The van der Waals surface area contributed by atoms with Crippen molar-refractivity contribution in [2.75, 3.05) is 13.2 Å². The molecule has 2 aromatic carbocycles. The lowest BCUT2D eigenvalue weighted by Crippen LogP contribution is -2.53. The van der Waals surface area contributed by atoms with Gasteiger partial charge in [0, 0.05) is 24.4 Å². The summed E-state index contributed by atoms with van der Waals surface area (Å²) in [5.74, 6) is -2.72. The van der Waals surface area contributed by atoms with E-state index in [2.05, 4.69) is 5.32 Å². The van der Waals surface area contributed by atoms with Crippen LogP contribution in [0.2, 0.25) is 5.02 Å². The molecule has 1 amide bonds. The van der Waals surface area contributed by atoms with E-state index in [0.717, 1.165) is 12.1 Å². The number of fused-ring (bicyclic) bond motifs is 3. The maximum absolute atomic E-state index is 15.1. The topological polar surface area (TPSA) is 72.5 Å². The zero-order valence-corrected chi connectivity index (χ0v) is 18.4. The first-order chi connectivity index (χ1) is 14.7. The first-order valence-corrected chi connectivity index (χ1v) is 11.9. The van der Waals surface area contributed by atoms with Crippen LogP contribution >= 0.6 is 11.6 Å². The molecule has 4 rings (SSSR count). The van der Waals surface area contributed by atoms with Crippen molar-refractivity contribution in [1.82, 2.24) is 5.32 Å². The Kier molecular flexibility index (Phi) is 5.72. The number of sulfone groups is 1. The average Bonchev–Trinajstić information content (AvgIpc) is 2.74. The lowest BCUT2D eigenvalue weighted by Gasteiger charge is -2.49. The third-order valence-electron chi connectivity index (χ3n) is 6.36. The van der Waals surface area contributed by atoms with Crippen LogP contribution in [0.25, 0.3) is 0 Å². The molecule has 9 heteroatoms. The molecule has 0 saturated heterocycles. The Balaban J connectivity index is 1.87. The van der Waals surface area contributed by atoms with Crippen molar-refractivity contribution in [2.45, 2.75) is 35.8 Å². The summed E-state index contributed by atoms with van der Waals surface area (Å²) in [7, 11) is -4.14. The van der Waals surface area contributed by atoms with Crippen LogP contribution in [0.1, 0.15) is 31.7 Å². The van der Waals surface area contributed by atoms with E-state index in [1.165, 1.54) is 31.2 Å². The van der Waals surface area contributed by atoms with E-state index in [0.29, 0.717) is 24.4 Å². The number of nitrogens with one attached hydrogen (secondary N) is 1. The normalized spacial score (nSPS) is 25.2. The summed E-state index contributed by atoms with van der Waals surface area (Å²) in [5, 5.41) is 3.13. The fraction of sp³-hybridized carbons (Fsp3) is 0.409. The van der Waals surface area contributed by atoms with E-state index in [1.54, 1.807) is 0 Å². The summed E-state index contributed by atoms with van der Waals surface area (Å²) in [6.45, 7) is 1.74. The van der Waals surface area contributed by atoms with Crippen LogP contribution in [-0.2, 0) is 19.4 Å². The maximum atomic E-state index is 15.1. The first-order valence-electron chi connectivity index (χ1n) is 10.0. The van der Waals surface area contributed by atoms with E-state index >= 15 is 4.39 Å². The molecular formula is C22H22ClF2NO4S. The van der Waals surface area contributed by atoms with Crippen molar-refractivity contribution < 1.29 is 26.7 Å². The average molecular weight is 470 g/mol. The summed E-state index contributed by atoms with van der Waals surface area (Å²) in [5.41, 5.74) is -0.239. The number of rotatable bonds is 4. The predicted octanol–water partition coefficient (Wildman–Crippen LogP) is 4.23. The van der Waals surface area contributed by atoms with Crippen molar-refractivity contribution in [1.29, 1.82) is 0 Å². The van der Waals surface area contributed by atoms with Gasteiger partial charge in [-0.2, -0.15) is 0 Å². The quantitative estimate of drug-likeness (QED) is 0.727. The second kappa shape index (κ2) is 8.06. The molecule has 1 heterocycles. The Hall–Kier alpha value is -2.19.